The highest BCUT2D eigenvalue weighted by Gasteiger charge is 2.41. The summed E-state index contributed by atoms with van der Waals surface area (Å²) < 4.78 is 14.4. The summed E-state index contributed by atoms with van der Waals surface area (Å²) in [7, 11) is 0. The standard InChI is InChI=1S/C67H87FN18O14/c1-36(2)27-47-60(94)80-46-22-25-73-56(90)35-76-54(88)21-20-45(59(93)78-44(58(92)81-47)12-7-24-74-67(70)71)79-64(98)51(32-55(89)75-34-52(57(69)91)85-65(99)53-13-8-26-86(53)66(46)100)84-63(97)50(31-40-9-6-23-72-33-40)83-62(96)49(29-38-15-18-43(68)19-16-38)82-61(95)48(77-37(3)87)30-39-14-17-41-10-4-5-11-42(41)28-39/h4-6,9-11,14-19,23,28,33,36,44-53H,7-8,12-13,20-22,24-27,29-32,34-35H2,1-3H3,(H2,69,91)(H,73,90)(H,75,89)(H,76,88)(H,77,87)(H,78,93)(H,79,98)(H,80,94)(H,81,92)(H,82,95)(H,83,96)(H,84,97)(H,85,99)(H4,70,71,74)/t44-,45-,46+,47-,48+,49-,50+,51-,52?,53-/m0/s1. The predicted molar refractivity (Wildman–Crippen MR) is 360 cm³/mol. The Labute approximate surface area is 575 Å². The maximum atomic E-state index is 15.2. The fourth-order valence-corrected chi connectivity index (χ4v) is 11.6. The fourth-order valence-electron chi connectivity index (χ4n) is 11.6. The van der Waals surface area contributed by atoms with Crippen LogP contribution in [0.4, 0.5) is 4.39 Å². The highest BCUT2D eigenvalue weighted by atomic mass is 19.1. The molecule has 4 heterocycles. The van der Waals surface area contributed by atoms with Crippen LogP contribution in [0.2, 0.25) is 0 Å². The van der Waals surface area contributed by atoms with Gasteiger partial charge in [0, 0.05) is 71.2 Å². The number of hydrogen-bond donors (Lipinski definition) is 15. The number of fused-ring (bicyclic) bond motifs is 11. The SMILES string of the molecule is CC(=O)N[C@H](Cc1ccc2ccccc2c1)C(=O)N[C@@H](Cc1ccc(F)cc1)C(=O)N[C@H](Cc1cccnc1)C(=O)N[C@H]1CC(=O)NCC(C(N)=O)NC(=O)[C@@H]2CCCN2C(=O)[C@H]2CCNC(=O)CNC(=O)CC[C@H](NC1=O)C(=O)N[C@@H](CCCN=C(N)N)C(=O)N[C@@H](CC(C)C)C(=O)N2. The molecule has 18 N–H and O–H groups in total. The molecule has 536 valence electrons. The van der Waals surface area contributed by atoms with Crippen molar-refractivity contribution in [2.75, 3.05) is 32.7 Å². The summed E-state index contributed by atoms with van der Waals surface area (Å²) in [6.45, 7) is 2.95. The van der Waals surface area contributed by atoms with E-state index in [0.29, 0.717) is 16.7 Å². The van der Waals surface area contributed by atoms with Gasteiger partial charge in [-0.15, -0.1) is 0 Å². The van der Waals surface area contributed by atoms with E-state index in [1.54, 1.807) is 26.0 Å². The van der Waals surface area contributed by atoms with Gasteiger partial charge in [-0.05, 0) is 96.5 Å². The van der Waals surface area contributed by atoms with Crippen LogP contribution in [0.1, 0.15) is 95.2 Å². The number of carbonyl (C=O) groups excluding carboxylic acids is 14. The van der Waals surface area contributed by atoms with Gasteiger partial charge in [-0.25, -0.2) is 4.39 Å². The highest BCUT2D eigenvalue weighted by Crippen LogP contribution is 2.22. The Kier molecular flexibility index (Phi) is 28.2. The summed E-state index contributed by atoms with van der Waals surface area (Å²) in [6, 6.07) is 5.05. The van der Waals surface area contributed by atoms with E-state index < -0.39 is 188 Å². The van der Waals surface area contributed by atoms with Gasteiger partial charge in [0.1, 0.15) is 66.2 Å². The molecule has 1 unspecified atom stereocenters. The van der Waals surface area contributed by atoms with Gasteiger partial charge in [0.25, 0.3) is 0 Å². The van der Waals surface area contributed by atoms with Crippen molar-refractivity contribution in [1.29, 1.82) is 0 Å². The monoisotopic (exact) mass is 1390 g/mol. The molecule has 3 saturated heterocycles. The predicted octanol–water partition coefficient (Wildman–Crippen LogP) is -3.70. The van der Waals surface area contributed by atoms with Crippen LogP contribution in [0.3, 0.4) is 0 Å². The Bertz CT molecular complexity index is 3690. The van der Waals surface area contributed by atoms with Crippen molar-refractivity contribution in [3.63, 3.8) is 0 Å². The molecule has 3 aromatic carbocycles. The molecule has 14 amide bonds. The summed E-state index contributed by atoms with van der Waals surface area (Å²) in [5, 5.41) is 32.5. The lowest BCUT2D eigenvalue weighted by atomic mass is 9.99. The van der Waals surface area contributed by atoms with Crippen LogP contribution in [0.15, 0.2) is 96.2 Å². The van der Waals surface area contributed by atoms with Crippen LogP contribution >= 0.6 is 0 Å². The normalized spacial score (nSPS) is 21.9. The lowest BCUT2D eigenvalue weighted by Gasteiger charge is -2.31. The zero-order valence-electron chi connectivity index (χ0n) is 55.7. The van der Waals surface area contributed by atoms with Gasteiger partial charge in [0.2, 0.25) is 82.7 Å². The first-order chi connectivity index (χ1) is 47.7. The molecule has 3 fully saturated rings. The molecule has 100 heavy (non-hydrogen) atoms. The number of aliphatic imine (C=N–C) groups is 1. The lowest BCUT2D eigenvalue weighted by Crippen LogP contribution is -2.61. The Balaban J connectivity index is 1.28. The van der Waals surface area contributed by atoms with Gasteiger partial charge in [-0.2, -0.15) is 0 Å². The molecule has 4 aromatic rings. The summed E-state index contributed by atoms with van der Waals surface area (Å²) in [4.78, 5) is 209. The van der Waals surface area contributed by atoms with Gasteiger partial charge in [-0.1, -0.05) is 74.5 Å². The third-order valence-electron chi connectivity index (χ3n) is 16.8. The number of carbonyl (C=O) groups is 14. The zero-order chi connectivity index (χ0) is 72.6. The van der Waals surface area contributed by atoms with Crippen molar-refractivity contribution in [3.8, 4) is 0 Å². The zero-order valence-corrected chi connectivity index (χ0v) is 55.7. The van der Waals surface area contributed by atoms with Crippen LogP contribution in [-0.2, 0) is 86.4 Å². The maximum Gasteiger partial charge on any atom is 0.245 e. The summed E-state index contributed by atoms with van der Waals surface area (Å²) in [5.74, 6) is -14.6. The molecule has 10 atom stereocenters. The number of benzene rings is 3. The van der Waals surface area contributed by atoms with Crippen molar-refractivity contribution in [2.45, 2.75) is 158 Å². The highest BCUT2D eigenvalue weighted by molar-refractivity contribution is 6.01. The van der Waals surface area contributed by atoms with Gasteiger partial charge in [-0.3, -0.25) is 77.1 Å². The van der Waals surface area contributed by atoms with E-state index in [2.05, 4.69) is 73.8 Å². The Hall–Kier alpha value is -11.1. The van der Waals surface area contributed by atoms with E-state index in [-0.39, 0.29) is 82.9 Å². The van der Waals surface area contributed by atoms with Gasteiger partial charge in [0.15, 0.2) is 5.96 Å². The van der Waals surface area contributed by atoms with E-state index in [0.717, 1.165) is 27.8 Å². The Morgan fingerprint density at radius 2 is 1.29 bits per heavy atom. The van der Waals surface area contributed by atoms with Crippen LogP contribution in [0.5, 0.6) is 0 Å². The average molecular weight is 1390 g/mol. The average Bonchev–Trinajstić information content (AvgIpc) is 1.44. The van der Waals surface area contributed by atoms with Crippen LogP contribution in [0, 0.1) is 11.7 Å². The molecule has 32 nitrogen and oxygen atoms in total. The van der Waals surface area contributed by atoms with Crippen molar-refractivity contribution >= 4 is 99.4 Å². The molecule has 0 aliphatic carbocycles. The Morgan fingerprint density at radius 1 is 0.640 bits per heavy atom. The number of aromatic nitrogens is 1. The lowest BCUT2D eigenvalue weighted by molar-refractivity contribution is -0.142. The molecular weight excluding hydrogens is 1300 g/mol. The molecule has 0 spiro atoms. The third-order valence-corrected chi connectivity index (χ3v) is 16.8. The molecule has 7 rings (SSSR count). The number of pyridine rings is 1. The number of nitrogens with one attached hydrogen (secondary N) is 12. The van der Waals surface area contributed by atoms with Crippen molar-refractivity contribution in [3.05, 3.63) is 114 Å². The first kappa shape index (κ1) is 76.2. The number of amides is 14. The van der Waals surface area contributed by atoms with Gasteiger partial charge in [0.05, 0.1) is 13.0 Å². The molecule has 0 saturated carbocycles. The molecule has 1 aromatic heterocycles. The summed E-state index contributed by atoms with van der Waals surface area (Å²) >= 11 is 0. The van der Waals surface area contributed by atoms with E-state index >= 15 is 9.59 Å². The topological polar surface area (TPSA) is 490 Å². The summed E-state index contributed by atoms with van der Waals surface area (Å²) in [6.07, 6.45) is -0.403. The number of guanidine groups is 1. The largest absolute Gasteiger partial charge is 0.370 e. The minimum absolute atomic E-state index is 0.0263. The van der Waals surface area contributed by atoms with Crippen molar-refractivity contribution in [2.24, 2.45) is 28.1 Å². The van der Waals surface area contributed by atoms with E-state index in [1.807, 2.05) is 36.4 Å². The number of primary amides is 1. The smallest absolute Gasteiger partial charge is 0.245 e. The second-order valence-electron chi connectivity index (χ2n) is 25.2. The van der Waals surface area contributed by atoms with Crippen LogP contribution < -0.4 is 81.0 Å². The quantitative estimate of drug-likeness (QED) is 0.0175. The third kappa shape index (κ3) is 23.6. The van der Waals surface area contributed by atoms with E-state index in [1.165, 1.54) is 37.5 Å². The number of nitrogens with zero attached hydrogens (tertiary/aromatic N) is 3. The second-order valence-corrected chi connectivity index (χ2v) is 25.2. The minimum atomic E-state index is -2.08. The maximum absolute atomic E-state index is 15.2. The van der Waals surface area contributed by atoms with E-state index in [4.69, 9.17) is 17.2 Å². The molecule has 3 aliphatic rings. The number of nitrogens with two attached hydrogens (primary N) is 3. The Morgan fingerprint density at radius 3 is 1.97 bits per heavy atom. The van der Waals surface area contributed by atoms with Gasteiger partial charge < -0.3 is 85.9 Å². The number of hydrogen-bond acceptors (Lipinski definition) is 16. The minimum Gasteiger partial charge on any atom is -0.370 e. The first-order valence-corrected chi connectivity index (χ1v) is 33.0. The van der Waals surface area contributed by atoms with Crippen LogP contribution in [-0.4, -0.2) is 192 Å². The number of halogens is 1. The van der Waals surface area contributed by atoms with Gasteiger partial charge >= 0.3 is 0 Å². The molecule has 0 radical (unpaired) electrons. The van der Waals surface area contributed by atoms with Crippen molar-refractivity contribution in [1.82, 2.24) is 73.7 Å². The number of rotatable bonds is 20. The fraction of sp³-hybridized carbons (Fsp3) is 0.463. The van der Waals surface area contributed by atoms with Crippen molar-refractivity contribution < 1.29 is 71.5 Å². The van der Waals surface area contributed by atoms with E-state index in [9.17, 15) is 61.9 Å². The summed E-state index contributed by atoms with van der Waals surface area (Å²) in [5.41, 5.74) is 18.3. The second kappa shape index (κ2) is 37.0. The molecule has 3 aliphatic heterocycles. The van der Waals surface area contributed by atoms with Crippen LogP contribution in [0.25, 0.3) is 10.8 Å². The first-order valence-electron chi connectivity index (χ1n) is 33.0. The molecule has 2 bridgehead atoms. The molecule has 33 heteroatoms. The molecular formula is C67H87FN18O14.